The molecule has 6 heteroatoms. The van der Waals surface area contributed by atoms with Crippen molar-refractivity contribution >= 4 is 0 Å². The molecule has 1 aromatic carbocycles. The van der Waals surface area contributed by atoms with Gasteiger partial charge in [-0.3, -0.25) is 0 Å². The zero-order chi connectivity index (χ0) is 16.9. The predicted molar refractivity (Wildman–Crippen MR) is 73.9 cm³/mol. The van der Waals surface area contributed by atoms with E-state index in [4.69, 9.17) is 4.74 Å². The van der Waals surface area contributed by atoms with Gasteiger partial charge in [-0.2, -0.15) is 0 Å². The Labute approximate surface area is 131 Å². The van der Waals surface area contributed by atoms with Crippen molar-refractivity contribution in [1.82, 2.24) is 0 Å². The monoisotopic (exact) mass is 330 g/mol. The van der Waals surface area contributed by atoms with Crippen LogP contribution in [0.1, 0.15) is 38.7 Å². The molecular weight excluding hydrogens is 312 g/mol. The van der Waals surface area contributed by atoms with Crippen molar-refractivity contribution < 1.29 is 27.4 Å². The molecule has 1 N–H and O–H groups in total. The van der Waals surface area contributed by atoms with E-state index in [1.807, 2.05) is 0 Å². The first-order valence-electron chi connectivity index (χ1n) is 7.69. The molecule has 0 amide bonds. The summed E-state index contributed by atoms with van der Waals surface area (Å²) in [7, 11) is 0. The molecule has 1 atom stereocenters. The summed E-state index contributed by atoms with van der Waals surface area (Å²) in [6, 6.07) is 2.62. The number of epoxide rings is 1. The highest BCUT2D eigenvalue weighted by molar-refractivity contribution is 5.38. The Hall–Kier alpha value is -1.14. The summed E-state index contributed by atoms with van der Waals surface area (Å²) in [5.74, 6) is -5.08. The Morgan fingerprint density at radius 1 is 1.09 bits per heavy atom. The van der Waals surface area contributed by atoms with Crippen molar-refractivity contribution in [2.24, 2.45) is 10.8 Å². The van der Waals surface area contributed by atoms with Gasteiger partial charge in [0, 0.05) is 22.5 Å². The highest BCUT2D eigenvalue weighted by Gasteiger charge is 2.86. The zero-order valence-corrected chi connectivity index (χ0v) is 12.9. The molecule has 1 aromatic rings. The highest BCUT2D eigenvalue weighted by atomic mass is 19.3. The molecule has 1 heterocycles. The molecule has 0 spiro atoms. The number of halogens is 4. The van der Waals surface area contributed by atoms with Crippen LogP contribution in [0.4, 0.5) is 17.6 Å². The summed E-state index contributed by atoms with van der Waals surface area (Å²) in [4.78, 5) is 0. The minimum atomic E-state index is -3.26. The molecule has 2 bridgehead atoms. The number of hydrogen-bond donors (Lipinski definition) is 1. The van der Waals surface area contributed by atoms with Crippen LogP contribution in [0.3, 0.4) is 0 Å². The molecule has 1 aliphatic heterocycles. The molecular formula is C17H18F4O2. The first kappa shape index (κ1) is 15.4. The Kier molecular flexibility index (Phi) is 2.62. The molecule has 1 saturated heterocycles. The van der Waals surface area contributed by atoms with E-state index >= 15 is 8.78 Å². The summed E-state index contributed by atoms with van der Waals surface area (Å²) < 4.78 is 62.5. The number of alkyl halides is 2. The van der Waals surface area contributed by atoms with Crippen molar-refractivity contribution in [1.29, 1.82) is 0 Å². The van der Waals surface area contributed by atoms with E-state index in [9.17, 15) is 13.9 Å². The van der Waals surface area contributed by atoms with E-state index in [0.717, 1.165) is 12.1 Å². The van der Waals surface area contributed by atoms with Gasteiger partial charge in [-0.15, -0.1) is 0 Å². The first-order chi connectivity index (χ1) is 10.5. The van der Waals surface area contributed by atoms with Crippen molar-refractivity contribution in [3.63, 3.8) is 0 Å². The molecule has 0 radical (unpaired) electrons. The van der Waals surface area contributed by atoms with Crippen LogP contribution in [-0.4, -0.2) is 23.2 Å². The van der Waals surface area contributed by atoms with Gasteiger partial charge in [0.1, 0.15) is 11.6 Å². The van der Waals surface area contributed by atoms with Crippen molar-refractivity contribution in [3.05, 3.63) is 35.4 Å². The van der Waals surface area contributed by atoms with Crippen LogP contribution >= 0.6 is 0 Å². The lowest BCUT2D eigenvalue weighted by atomic mass is 9.29. The largest absolute Gasteiger partial charge is 0.390 e. The molecule has 3 saturated carbocycles. The molecule has 2 nitrogen and oxygen atoms in total. The topological polar surface area (TPSA) is 32.8 Å². The molecule has 4 aliphatic rings. The lowest BCUT2D eigenvalue weighted by molar-refractivity contribution is -0.373. The van der Waals surface area contributed by atoms with Crippen LogP contribution < -0.4 is 0 Å². The van der Waals surface area contributed by atoms with Crippen LogP contribution in [0.25, 0.3) is 0 Å². The van der Waals surface area contributed by atoms with Gasteiger partial charge in [-0.05, 0) is 45.2 Å². The van der Waals surface area contributed by atoms with Gasteiger partial charge in [-0.1, -0.05) is 0 Å². The lowest BCUT2D eigenvalue weighted by Gasteiger charge is -2.76. The van der Waals surface area contributed by atoms with E-state index in [0.29, 0.717) is 6.07 Å². The van der Waals surface area contributed by atoms with Crippen molar-refractivity contribution in [3.8, 4) is 0 Å². The Morgan fingerprint density at radius 3 is 2.09 bits per heavy atom. The Balaban J connectivity index is 1.66. The maximum Gasteiger partial charge on any atom is 0.288 e. The minimum absolute atomic E-state index is 0.199. The summed E-state index contributed by atoms with van der Waals surface area (Å²) in [6.45, 7) is 2.99. The van der Waals surface area contributed by atoms with Crippen molar-refractivity contribution in [2.45, 2.75) is 50.2 Å². The van der Waals surface area contributed by atoms with Gasteiger partial charge >= 0.3 is 0 Å². The average molecular weight is 330 g/mol. The van der Waals surface area contributed by atoms with Gasteiger partial charge in [0.05, 0.1) is 12.2 Å². The van der Waals surface area contributed by atoms with E-state index < -0.39 is 39.6 Å². The number of ether oxygens (including phenoxy) is 1. The summed E-state index contributed by atoms with van der Waals surface area (Å²) in [5, 5.41) is 10.1. The molecule has 0 aromatic heterocycles. The molecule has 4 fully saturated rings. The summed E-state index contributed by atoms with van der Waals surface area (Å²) in [6.07, 6.45) is 0.596. The van der Waals surface area contributed by atoms with Gasteiger partial charge in [0.25, 0.3) is 5.92 Å². The smallest absolute Gasteiger partial charge is 0.288 e. The minimum Gasteiger partial charge on any atom is -0.390 e. The zero-order valence-electron chi connectivity index (χ0n) is 12.9. The van der Waals surface area contributed by atoms with Gasteiger partial charge < -0.3 is 9.84 Å². The van der Waals surface area contributed by atoms with Crippen LogP contribution in [0.2, 0.25) is 0 Å². The van der Waals surface area contributed by atoms with Crippen molar-refractivity contribution in [2.75, 3.05) is 6.61 Å². The second-order valence-corrected chi connectivity index (χ2v) is 7.96. The number of rotatable bonds is 4. The predicted octanol–water partition coefficient (Wildman–Crippen LogP) is 3.77. The number of aliphatic hydroxyl groups is 1. The normalized spacial score (nSPS) is 38.7. The molecule has 3 aliphatic carbocycles. The molecule has 1 unspecified atom stereocenters. The molecule has 126 valence electrons. The maximum atomic E-state index is 15.2. The SMILES string of the molecule is CC(C)(O)C12CC(C(F)(F)C3(c4ccc(F)cc4F)CO3)(C1)C2. The standard InChI is InChI=1S/C17H18F4O2/c1-13(2,22)14-6-15(7-14,8-14)17(20,21)16(9-23-16)11-4-3-10(18)5-12(11)19/h3-5,22H,6-9H2,1-2H3. The Bertz CT molecular complexity index is 669. The summed E-state index contributed by atoms with van der Waals surface area (Å²) in [5.41, 5.74) is -5.04. The van der Waals surface area contributed by atoms with Gasteiger partial charge in [0.15, 0.2) is 5.60 Å². The van der Waals surface area contributed by atoms with Gasteiger partial charge in [0.2, 0.25) is 0 Å². The fourth-order valence-corrected chi connectivity index (χ4v) is 4.59. The van der Waals surface area contributed by atoms with Gasteiger partial charge in [-0.25, -0.2) is 17.6 Å². The highest BCUT2D eigenvalue weighted by Crippen LogP contribution is 2.84. The van der Waals surface area contributed by atoms with E-state index in [1.165, 1.54) is 0 Å². The fourth-order valence-electron chi connectivity index (χ4n) is 4.59. The molecule has 23 heavy (non-hydrogen) atoms. The lowest BCUT2D eigenvalue weighted by Crippen LogP contribution is -2.77. The van der Waals surface area contributed by atoms with Crippen LogP contribution in [0.15, 0.2) is 18.2 Å². The second kappa shape index (κ2) is 3.91. The average Bonchev–Trinajstić information content (AvgIpc) is 3.03. The van der Waals surface area contributed by atoms with E-state index in [1.54, 1.807) is 13.8 Å². The summed E-state index contributed by atoms with van der Waals surface area (Å²) >= 11 is 0. The molecule has 5 rings (SSSR count). The second-order valence-electron chi connectivity index (χ2n) is 7.96. The third kappa shape index (κ3) is 1.61. The number of benzene rings is 1. The first-order valence-corrected chi connectivity index (χ1v) is 7.69. The van der Waals surface area contributed by atoms with E-state index in [-0.39, 0.29) is 31.4 Å². The number of hydrogen-bond acceptors (Lipinski definition) is 2. The van der Waals surface area contributed by atoms with Crippen LogP contribution in [-0.2, 0) is 10.3 Å². The third-order valence-electron chi connectivity index (χ3n) is 6.30. The van der Waals surface area contributed by atoms with E-state index in [2.05, 4.69) is 0 Å². The van der Waals surface area contributed by atoms with Crippen LogP contribution in [0, 0.1) is 22.5 Å². The third-order valence-corrected chi connectivity index (χ3v) is 6.30. The maximum absolute atomic E-state index is 15.2. The van der Waals surface area contributed by atoms with Crippen LogP contribution in [0.5, 0.6) is 0 Å². The quantitative estimate of drug-likeness (QED) is 0.673. The fraction of sp³-hybridized carbons (Fsp3) is 0.647. The Morgan fingerprint density at radius 2 is 1.65 bits per heavy atom.